The lowest BCUT2D eigenvalue weighted by molar-refractivity contribution is 0.627. The fourth-order valence-electron chi connectivity index (χ4n) is 3.43. The van der Waals surface area contributed by atoms with E-state index in [1.807, 2.05) is 44.2 Å². The number of fused-ring (bicyclic) bond motifs is 1. The fraction of sp³-hybridized carbons (Fsp3) is 0.200. The molecule has 0 saturated carbocycles. The van der Waals surface area contributed by atoms with Crippen molar-refractivity contribution in [2.45, 2.75) is 32.7 Å². The van der Waals surface area contributed by atoms with Gasteiger partial charge in [-0.2, -0.15) is 0 Å². The molecule has 0 bridgehead atoms. The highest BCUT2D eigenvalue weighted by Gasteiger charge is 2.08. The molecule has 0 aliphatic rings. The van der Waals surface area contributed by atoms with Crippen molar-refractivity contribution in [3.63, 3.8) is 0 Å². The van der Waals surface area contributed by atoms with Gasteiger partial charge in [-0.25, -0.2) is 9.37 Å². The van der Waals surface area contributed by atoms with Crippen LogP contribution in [0.5, 0.6) is 0 Å². The van der Waals surface area contributed by atoms with E-state index in [9.17, 15) is 4.39 Å². The average molecular weight is 401 g/mol. The van der Waals surface area contributed by atoms with E-state index in [1.165, 1.54) is 17.7 Å². The fourth-order valence-corrected chi connectivity index (χ4v) is 3.43. The maximum atomic E-state index is 13.0. The standard InChI is InChI=1S/C25H25FN4/c1-16(2)28-24(27)20-11-14-22-23(15-20)30-25(29-22)19-9-5-17(6-10-19)3-4-18-7-12-21(26)13-8-18/h5-16H,3-4H2,1-2H3,(H2,27,28)(H,29,30). The topological polar surface area (TPSA) is 67.1 Å². The Kier molecular flexibility index (Phi) is 5.61. The number of hydrogen-bond acceptors (Lipinski definition) is 2. The van der Waals surface area contributed by atoms with Crippen LogP contribution < -0.4 is 5.73 Å². The first kappa shape index (κ1) is 19.8. The van der Waals surface area contributed by atoms with Crippen LogP contribution in [0.25, 0.3) is 22.4 Å². The molecule has 1 aromatic heterocycles. The maximum Gasteiger partial charge on any atom is 0.138 e. The smallest absolute Gasteiger partial charge is 0.138 e. The Morgan fingerprint density at radius 2 is 1.60 bits per heavy atom. The van der Waals surface area contributed by atoms with Gasteiger partial charge in [-0.1, -0.05) is 36.4 Å². The highest BCUT2D eigenvalue weighted by atomic mass is 19.1. The van der Waals surface area contributed by atoms with E-state index in [2.05, 4.69) is 34.2 Å². The van der Waals surface area contributed by atoms with Crippen LogP contribution in [0.3, 0.4) is 0 Å². The molecule has 4 aromatic rings. The van der Waals surface area contributed by atoms with Crippen molar-refractivity contribution >= 4 is 16.9 Å². The third-order valence-corrected chi connectivity index (χ3v) is 5.02. The minimum atomic E-state index is -0.198. The molecule has 0 atom stereocenters. The van der Waals surface area contributed by atoms with Crippen LogP contribution in [0, 0.1) is 5.82 Å². The highest BCUT2D eigenvalue weighted by Crippen LogP contribution is 2.22. The molecule has 0 saturated heterocycles. The van der Waals surface area contributed by atoms with Crippen molar-refractivity contribution in [2.24, 2.45) is 10.7 Å². The van der Waals surface area contributed by atoms with Crippen LogP contribution >= 0.6 is 0 Å². The van der Waals surface area contributed by atoms with Gasteiger partial charge in [-0.05, 0) is 68.1 Å². The zero-order chi connectivity index (χ0) is 21.1. The molecule has 30 heavy (non-hydrogen) atoms. The minimum Gasteiger partial charge on any atom is -0.383 e. The second kappa shape index (κ2) is 8.49. The Bertz CT molecular complexity index is 1170. The largest absolute Gasteiger partial charge is 0.383 e. The predicted molar refractivity (Wildman–Crippen MR) is 121 cm³/mol. The lowest BCUT2D eigenvalue weighted by Gasteiger charge is -2.04. The van der Waals surface area contributed by atoms with E-state index in [0.717, 1.165) is 46.4 Å². The number of halogens is 1. The second-order valence-corrected chi connectivity index (χ2v) is 7.75. The molecule has 0 amide bonds. The molecule has 0 fully saturated rings. The number of aromatic nitrogens is 2. The predicted octanol–water partition coefficient (Wildman–Crippen LogP) is 5.27. The van der Waals surface area contributed by atoms with Gasteiger partial charge in [0.05, 0.1) is 11.0 Å². The van der Waals surface area contributed by atoms with E-state index >= 15 is 0 Å². The van der Waals surface area contributed by atoms with Gasteiger partial charge in [0.15, 0.2) is 0 Å². The lowest BCUT2D eigenvalue weighted by Crippen LogP contribution is -2.15. The quantitative estimate of drug-likeness (QED) is 0.342. The zero-order valence-corrected chi connectivity index (χ0v) is 17.2. The summed E-state index contributed by atoms with van der Waals surface area (Å²) in [5.74, 6) is 1.16. The first-order valence-corrected chi connectivity index (χ1v) is 10.1. The molecule has 0 unspecified atom stereocenters. The summed E-state index contributed by atoms with van der Waals surface area (Å²) in [4.78, 5) is 12.5. The van der Waals surface area contributed by atoms with Crippen molar-refractivity contribution in [2.75, 3.05) is 0 Å². The maximum absolute atomic E-state index is 13.0. The molecule has 0 aliphatic heterocycles. The number of aliphatic imine (C=N–C) groups is 1. The Labute approximate surface area is 175 Å². The summed E-state index contributed by atoms with van der Waals surface area (Å²) in [5.41, 5.74) is 12.2. The molecule has 4 nitrogen and oxygen atoms in total. The second-order valence-electron chi connectivity index (χ2n) is 7.75. The first-order chi connectivity index (χ1) is 14.5. The molecule has 4 rings (SSSR count). The molecule has 0 radical (unpaired) electrons. The van der Waals surface area contributed by atoms with Crippen LogP contribution in [0.4, 0.5) is 4.39 Å². The number of imidazole rings is 1. The zero-order valence-electron chi connectivity index (χ0n) is 17.2. The van der Waals surface area contributed by atoms with Crippen molar-refractivity contribution < 1.29 is 4.39 Å². The third kappa shape index (κ3) is 4.57. The molecule has 152 valence electrons. The Balaban J connectivity index is 1.50. The summed E-state index contributed by atoms with van der Waals surface area (Å²) in [6.45, 7) is 4.01. The lowest BCUT2D eigenvalue weighted by atomic mass is 10.0. The summed E-state index contributed by atoms with van der Waals surface area (Å²) in [7, 11) is 0. The van der Waals surface area contributed by atoms with Gasteiger partial charge in [-0.3, -0.25) is 4.99 Å². The van der Waals surface area contributed by atoms with Crippen LogP contribution in [0.15, 0.2) is 71.7 Å². The molecule has 3 N–H and O–H groups in total. The monoisotopic (exact) mass is 400 g/mol. The number of H-pyrrole nitrogens is 1. The number of nitrogens with one attached hydrogen (secondary N) is 1. The Hall–Kier alpha value is -3.47. The Morgan fingerprint density at radius 1 is 0.967 bits per heavy atom. The van der Waals surface area contributed by atoms with Gasteiger partial charge in [0, 0.05) is 17.2 Å². The number of rotatable bonds is 6. The van der Waals surface area contributed by atoms with Crippen molar-refractivity contribution in [3.8, 4) is 11.4 Å². The van der Waals surface area contributed by atoms with Crippen LogP contribution in [-0.4, -0.2) is 21.8 Å². The van der Waals surface area contributed by atoms with Crippen LogP contribution in [0.2, 0.25) is 0 Å². The number of benzene rings is 3. The molecule has 0 aliphatic carbocycles. The van der Waals surface area contributed by atoms with E-state index < -0.39 is 0 Å². The first-order valence-electron chi connectivity index (χ1n) is 10.1. The number of nitrogens with two attached hydrogens (primary N) is 1. The van der Waals surface area contributed by atoms with E-state index in [4.69, 9.17) is 10.7 Å². The van der Waals surface area contributed by atoms with Gasteiger partial charge < -0.3 is 10.7 Å². The molecule has 5 heteroatoms. The Morgan fingerprint density at radius 3 is 2.23 bits per heavy atom. The third-order valence-electron chi connectivity index (χ3n) is 5.02. The van der Waals surface area contributed by atoms with Gasteiger partial charge in [0.1, 0.15) is 17.5 Å². The average Bonchev–Trinajstić information content (AvgIpc) is 3.16. The van der Waals surface area contributed by atoms with Crippen molar-refractivity contribution in [1.82, 2.24) is 9.97 Å². The molecular weight excluding hydrogens is 375 g/mol. The summed E-state index contributed by atoms with van der Waals surface area (Å²) in [6, 6.07) is 21.1. The van der Waals surface area contributed by atoms with E-state index in [1.54, 1.807) is 0 Å². The minimum absolute atomic E-state index is 0.152. The molecule has 1 heterocycles. The van der Waals surface area contributed by atoms with Crippen LogP contribution in [0.1, 0.15) is 30.5 Å². The summed E-state index contributed by atoms with van der Waals surface area (Å²) >= 11 is 0. The normalized spacial score (nSPS) is 12.1. The van der Waals surface area contributed by atoms with Crippen LogP contribution in [-0.2, 0) is 12.8 Å². The number of aryl methyl sites for hydroxylation is 2. The summed E-state index contributed by atoms with van der Waals surface area (Å²) in [6.07, 6.45) is 1.79. The highest BCUT2D eigenvalue weighted by molar-refractivity contribution is 6.00. The number of hydrogen-bond donors (Lipinski definition) is 2. The number of amidine groups is 1. The van der Waals surface area contributed by atoms with Gasteiger partial charge in [0.2, 0.25) is 0 Å². The molecular formula is C25H25FN4. The number of aromatic amines is 1. The van der Waals surface area contributed by atoms with Crippen molar-refractivity contribution in [1.29, 1.82) is 0 Å². The molecule has 0 spiro atoms. The van der Waals surface area contributed by atoms with E-state index in [0.29, 0.717) is 5.84 Å². The van der Waals surface area contributed by atoms with E-state index in [-0.39, 0.29) is 11.9 Å². The summed E-state index contributed by atoms with van der Waals surface area (Å²) in [5, 5.41) is 0. The number of nitrogens with zero attached hydrogens (tertiary/aromatic N) is 2. The van der Waals surface area contributed by atoms with Crippen molar-refractivity contribution in [3.05, 3.63) is 89.2 Å². The SMILES string of the molecule is CC(C)N=C(N)c1ccc2nc(-c3ccc(CCc4ccc(F)cc4)cc3)[nH]c2c1. The van der Waals surface area contributed by atoms with Gasteiger partial charge in [0.25, 0.3) is 0 Å². The molecule has 3 aromatic carbocycles. The van der Waals surface area contributed by atoms with Gasteiger partial charge in [-0.15, -0.1) is 0 Å². The van der Waals surface area contributed by atoms with Gasteiger partial charge >= 0.3 is 0 Å². The summed E-state index contributed by atoms with van der Waals surface area (Å²) < 4.78 is 13.0.